The first kappa shape index (κ1) is 13.3. The number of hydrogen-bond donors (Lipinski definition) is 2. The van der Waals surface area contributed by atoms with Crippen molar-refractivity contribution in [3.63, 3.8) is 0 Å². The van der Waals surface area contributed by atoms with Crippen molar-refractivity contribution in [2.75, 3.05) is 6.61 Å². The van der Waals surface area contributed by atoms with Crippen molar-refractivity contribution >= 4 is 12.2 Å². The van der Waals surface area contributed by atoms with Crippen LogP contribution in [0.4, 0.5) is 9.59 Å². The van der Waals surface area contributed by atoms with Gasteiger partial charge in [0.1, 0.15) is 12.2 Å². The second kappa shape index (κ2) is 5.90. The van der Waals surface area contributed by atoms with E-state index in [-0.39, 0.29) is 6.61 Å². The molecule has 0 atom stereocenters. The van der Waals surface area contributed by atoms with Gasteiger partial charge in [0.25, 0.3) is 0 Å². The highest BCUT2D eigenvalue weighted by Crippen LogP contribution is 2.05. The van der Waals surface area contributed by atoms with Crippen LogP contribution in [-0.2, 0) is 9.47 Å². The summed E-state index contributed by atoms with van der Waals surface area (Å²) in [4.78, 5) is 21.8. The standard InChI is InChI=1S/C9H16N2O4/c1-5-6-14-7(12)10-11-8(13)15-9(2,3)4/h5H,1,6H2,2-4H3,(H,10,12)(H,11,13). The molecule has 0 saturated heterocycles. The lowest BCUT2D eigenvalue weighted by molar-refractivity contribution is 0.0489. The zero-order chi connectivity index (χ0) is 11.9. The van der Waals surface area contributed by atoms with Crippen molar-refractivity contribution in [2.24, 2.45) is 0 Å². The molecule has 0 aliphatic rings. The summed E-state index contributed by atoms with van der Waals surface area (Å²) in [6.45, 7) is 8.56. The van der Waals surface area contributed by atoms with Gasteiger partial charge in [-0.05, 0) is 20.8 Å². The molecule has 0 aromatic heterocycles. The van der Waals surface area contributed by atoms with Gasteiger partial charge in [-0.15, -0.1) is 0 Å². The van der Waals surface area contributed by atoms with E-state index in [9.17, 15) is 9.59 Å². The van der Waals surface area contributed by atoms with Gasteiger partial charge in [0.05, 0.1) is 0 Å². The van der Waals surface area contributed by atoms with E-state index < -0.39 is 17.8 Å². The number of amides is 2. The molecule has 0 rings (SSSR count). The Morgan fingerprint density at radius 3 is 2.27 bits per heavy atom. The molecule has 0 bridgehead atoms. The van der Waals surface area contributed by atoms with Crippen LogP contribution in [-0.4, -0.2) is 24.4 Å². The molecular weight excluding hydrogens is 200 g/mol. The van der Waals surface area contributed by atoms with E-state index in [1.54, 1.807) is 20.8 Å². The number of ether oxygens (including phenoxy) is 2. The Bertz CT molecular complexity index is 245. The normalized spacial score (nSPS) is 10.1. The summed E-state index contributed by atoms with van der Waals surface area (Å²) >= 11 is 0. The predicted molar refractivity (Wildman–Crippen MR) is 54.1 cm³/mol. The molecular formula is C9H16N2O4. The average Bonchev–Trinajstić information content (AvgIpc) is 2.08. The zero-order valence-electron chi connectivity index (χ0n) is 9.12. The molecule has 6 heteroatoms. The summed E-state index contributed by atoms with van der Waals surface area (Å²) in [7, 11) is 0. The molecule has 0 aliphatic carbocycles. The Balaban J connectivity index is 3.71. The van der Waals surface area contributed by atoms with Crippen molar-refractivity contribution in [1.29, 1.82) is 0 Å². The molecule has 15 heavy (non-hydrogen) atoms. The number of hydrazine groups is 1. The maximum absolute atomic E-state index is 11.0. The summed E-state index contributed by atoms with van der Waals surface area (Å²) in [5.41, 5.74) is 3.42. The first-order chi connectivity index (χ1) is 6.85. The first-order valence-corrected chi connectivity index (χ1v) is 4.38. The topological polar surface area (TPSA) is 76.7 Å². The summed E-state index contributed by atoms with van der Waals surface area (Å²) in [5, 5.41) is 0. The zero-order valence-corrected chi connectivity index (χ0v) is 9.12. The van der Waals surface area contributed by atoms with E-state index in [2.05, 4.69) is 11.3 Å². The summed E-state index contributed by atoms with van der Waals surface area (Å²) in [6.07, 6.45) is -0.119. The highest BCUT2D eigenvalue weighted by Gasteiger charge is 2.16. The van der Waals surface area contributed by atoms with Crippen LogP contribution in [0.5, 0.6) is 0 Å². The Kier molecular flexibility index (Phi) is 5.22. The fourth-order valence-corrected chi connectivity index (χ4v) is 0.576. The van der Waals surface area contributed by atoms with E-state index in [1.807, 2.05) is 10.9 Å². The fourth-order valence-electron chi connectivity index (χ4n) is 0.576. The third-order valence-corrected chi connectivity index (χ3v) is 0.998. The number of rotatable bonds is 2. The van der Waals surface area contributed by atoms with E-state index in [4.69, 9.17) is 4.74 Å². The molecule has 0 unspecified atom stereocenters. The molecule has 86 valence electrons. The minimum Gasteiger partial charge on any atom is -0.444 e. The van der Waals surface area contributed by atoms with Crippen LogP contribution in [0.3, 0.4) is 0 Å². The second-order valence-corrected chi connectivity index (χ2v) is 3.64. The Hall–Kier alpha value is -1.72. The smallest absolute Gasteiger partial charge is 0.426 e. The number of carbonyl (C=O) groups is 2. The number of carbonyl (C=O) groups excluding carboxylic acids is 2. The van der Waals surface area contributed by atoms with Gasteiger partial charge in [-0.3, -0.25) is 0 Å². The van der Waals surface area contributed by atoms with Crippen molar-refractivity contribution in [3.8, 4) is 0 Å². The predicted octanol–water partition coefficient (Wildman–Crippen LogP) is 1.34. The Morgan fingerprint density at radius 1 is 1.27 bits per heavy atom. The molecule has 0 heterocycles. The summed E-state index contributed by atoms with van der Waals surface area (Å²) < 4.78 is 9.39. The van der Waals surface area contributed by atoms with Gasteiger partial charge in [-0.25, -0.2) is 20.4 Å². The van der Waals surface area contributed by atoms with Crippen LogP contribution in [0, 0.1) is 0 Å². The van der Waals surface area contributed by atoms with Gasteiger partial charge in [-0.2, -0.15) is 0 Å². The van der Waals surface area contributed by atoms with Crippen LogP contribution in [0.2, 0.25) is 0 Å². The molecule has 0 spiro atoms. The van der Waals surface area contributed by atoms with Gasteiger partial charge in [-0.1, -0.05) is 12.7 Å². The molecule has 0 aromatic rings. The minimum absolute atomic E-state index is 0.0713. The monoisotopic (exact) mass is 216 g/mol. The van der Waals surface area contributed by atoms with Crippen molar-refractivity contribution in [3.05, 3.63) is 12.7 Å². The number of nitrogens with one attached hydrogen (secondary N) is 2. The summed E-state index contributed by atoms with van der Waals surface area (Å²) in [6, 6.07) is 0. The average molecular weight is 216 g/mol. The van der Waals surface area contributed by atoms with Gasteiger partial charge >= 0.3 is 12.2 Å². The van der Waals surface area contributed by atoms with Crippen molar-refractivity contribution in [2.45, 2.75) is 26.4 Å². The fraction of sp³-hybridized carbons (Fsp3) is 0.556. The quantitative estimate of drug-likeness (QED) is 0.539. The van der Waals surface area contributed by atoms with Crippen LogP contribution < -0.4 is 10.9 Å². The van der Waals surface area contributed by atoms with Crippen molar-refractivity contribution in [1.82, 2.24) is 10.9 Å². The molecule has 6 nitrogen and oxygen atoms in total. The minimum atomic E-state index is -0.777. The SMILES string of the molecule is C=CCOC(=O)NNC(=O)OC(C)(C)C. The Morgan fingerprint density at radius 2 is 1.80 bits per heavy atom. The third-order valence-electron chi connectivity index (χ3n) is 0.998. The molecule has 0 aliphatic heterocycles. The lowest BCUT2D eigenvalue weighted by atomic mass is 10.2. The van der Waals surface area contributed by atoms with Crippen LogP contribution in [0.25, 0.3) is 0 Å². The first-order valence-electron chi connectivity index (χ1n) is 4.38. The lowest BCUT2D eigenvalue weighted by Gasteiger charge is -2.19. The van der Waals surface area contributed by atoms with E-state index >= 15 is 0 Å². The molecule has 2 amide bonds. The van der Waals surface area contributed by atoms with Crippen molar-refractivity contribution < 1.29 is 19.1 Å². The molecule has 0 saturated carbocycles. The highest BCUT2D eigenvalue weighted by molar-refractivity contribution is 5.73. The molecule has 0 radical (unpaired) electrons. The van der Waals surface area contributed by atoms with E-state index in [0.29, 0.717) is 0 Å². The van der Waals surface area contributed by atoms with E-state index in [0.717, 1.165) is 0 Å². The van der Waals surface area contributed by atoms with E-state index in [1.165, 1.54) is 6.08 Å². The van der Waals surface area contributed by atoms with Gasteiger partial charge in [0.15, 0.2) is 0 Å². The second-order valence-electron chi connectivity index (χ2n) is 3.64. The number of hydrogen-bond acceptors (Lipinski definition) is 4. The molecule has 0 aromatic carbocycles. The van der Waals surface area contributed by atoms with Crippen LogP contribution in [0.15, 0.2) is 12.7 Å². The highest BCUT2D eigenvalue weighted by atomic mass is 16.6. The lowest BCUT2D eigenvalue weighted by Crippen LogP contribution is -2.44. The van der Waals surface area contributed by atoms with Gasteiger partial charge < -0.3 is 9.47 Å². The maximum Gasteiger partial charge on any atom is 0.426 e. The van der Waals surface area contributed by atoms with Crippen LogP contribution in [0.1, 0.15) is 20.8 Å². The summed E-state index contributed by atoms with van der Waals surface area (Å²) in [5.74, 6) is 0. The maximum atomic E-state index is 11.0. The molecule has 2 N–H and O–H groups in total. The van der Waals surface area contributed by atoms with Gasteiger partial charge in [0.2, 0.25) is 0 Å². The van der Waals surface area contributed by atoms with Gasteiger partial charge in [0, 0.05) is 0 Å². The largest absolute Gasteiger partial charge is 0.444 e. The third kappa shape index (κ3) is 8.61. The molecule has 0 fully saturated rings. The Labute approximate surface area is 88.6 Å². The van der Waals surface area contributed by atoms with Crippen LogP contribution >= 0.6 is 0 Å².